The zero-order chi connectivity index (χ0) is 14.9. The van der Waals surface area contributed by atoms with E-state index in [1.54, 1.807) is 0 Å². The molecule has 1 saturated carbocycles. The first-order valence-corrected chi connectivity index (χ1v) is 8.36. The van der Waals surface area contributed by atoms with E-state index in [2.05, 4.69) is 48.6 Å². The zero-order valence-corrected chi connectivity index (χ0v) is 14.5. The van der Waals surface area contributed by atoms with Gasteiger partial charge in [0.05, 0.1) is 5.69 Å². The Kier molecular flexibility index (Phi) is 4.73. The minimum atomic E-state index is -0.0320. The van der Waals surface area contributed by atoms with E-state index in [4.69, 9.17) is 4.98 Å². The van der Waals surface area contributed by atoms with Gasteiger partial charge in [0.15, 0.2) is 0 Å². The summed E-state index contributed by atoms with van der Waals surface area (Å²) >= 11 is 3.38. The molecule has 20 heavy (non-hydrogen) atoms. The molecule has 1 aliphatic rings. The van der Waals surface area contributed by atoms with Crippen LogP contribution in [-0.2, 0) is 6.42 Å². The molecule has 4 heteroatoms. The lowest BCUT2D eigenvalue weighted by atomic mass is 9.73. The van der Waals surface area contributed by atoms with E-state index in [0.29, 0.717) is 21.7 Å². The SMILES string of the molecule is CC(C)Cc1nc(C2CCC(C)(C)CC2)[nH]c(=O)c1Br. The monoisotopic (exact) mass is 340 g/mol. The van der Waals surface area contributed by atoms with Crippen molar-refractivity contribution in [1.29, 1.82) is 0 Å². The molecule has 0 saturated heterocycles. The molecule has 0 atom stereocenters. The van der Waals surface area contributed by atoms with Crippen LogP contribution in [0, 0.1) is 11.3 Å². The highest BCUT2D eigenvalue weighted by atomic mass is 79.9. The fraction of sp³-hybridized carbons (Fsp3) is 0.750. The molecule has 0 aliphatic heterocycles. The minimum Gasteiger partial charge on any atom is -0.309 e. The van der Waals surface area contributed by atoms with Crippen molar-refractivity contribution in [3.8, 4) is 0 Å². The second-order valence-corrected chi connectivity index (χ2v) is 8.04. The van der Waals surface area contributed by atoms with E-state index in [-0.39, 0.29) is 5.56 Å². The van der Waals surface area contributed by atoms with Crippen LogP contribution in [0.5, 0.6) is 0 Å². The van der Waals surface area contributed by atoms with E-state index in [9.17, 15) is 4.79 Å². The van der Waals surface area contributed by atoms with Crippen LogP contribution in [0.15, 0.2) is 9.27 Å². The Labute approximate surface area is 129 Å². The average Bonchev–Trinajstić information content (AvgIpc) is 2.34. The molecule has 1 N–H and O–H groups in total. The standard InChI is InChI=1S/C16H25BrN2O/c1-10(2)9-12-13(17)15(20)19-14(18-12)11-5-7-16(3,4)8-6-11/h10-11H,5-9H2,1-4H3,(H,18,19,20). The number of nitrogens with zero attached hydrogens (tertiary/aromatic N) is 1. The van der Waals surface area contributed by atoms with Crippen molar-refractivity contribution in [3.63, 3.8) is 0 Å². The fourth-order valence-corrected chi connectivity index (χ4v) is 3.26. The largest absolute Gasteiger partial charge is 0.309 e. The number of hydrogen-bond donors (Lipinski definition) is 1. The Bertz CT molecular complexity index is 524. The van der Waals surface area contributed by atoms with Gasteiger partial charge in [0, 0.05) is 5.92 Å². The van der Waals surface area contributed by atoms with Gasteiger partial charge < -0.3 is 4.98 Å². The van der Waals surface area contributed by atoms with Crippen LogP contribution in [-0.4, -0.2) is 9.97 Å². The van der Waals surface area contributed by atoms with E-state index < -0.39 is 0 Å². The van der Waals surface area contributed by atoms with E-state index in [0.717, 1.165) is 30.8 Å². The zero-order valence-electron chi connectivity index (χ0n) is 12.9. The Morgan fingerprint density at radius 1 is 1.35 bits per heavy atom. The molecule has 0 aromatic carbocycles. The number of halogens is 1. The second-order valence-electron chi connectivity index (χ2n) is 7.25. The average molecular weight is 341 g/mol. The van der Waals surface area contributed by atoms with Crippen LogP contribution in [0.1, 0.15) is 70.8 Å². The summed E-state index contributed by atoms with van der Waals surface area (Å²) in [5.41, 5.74) is 1.31. The number of H-pyrrole nitrogens is 1. The van der Waals surface area contributed by atoms with Gasteiger partial charge in [0.1, 0.15) is 10.3 Å². The number of nitrogens with one attached hydrogen (secondary N) is 1. The van der Waals surface area contributed by atoms with Gasteiger partial charge in [-0.2, -0.15) is 0 Å². The first kappa shape index (κ1) is 15.7. The normalized spacial score (nSPS) is 19.5. The second kappa shape index (κ2) is 6.00. The summed E-state index contributed by atoms with van der Waals surface area (Å²) in [5.74, 6) is 1.80. The molecule has 1 aromatic heterocycles. The van der Waals surface area contributed by atoms with Crippen LogP contribution in [0.3, 0.4) is 0 Å². The molecule has 0 unspecified atom stereocenters. The highest BCUT2D eigenvalue weighted by Crippen LogP contribution is 2.41. The third-order valence-electron chi connectivity index (χ3n) is 4.28. The Balaban J connectivity index is 2.25. The molecule has 112 valence electrons. The van der Waals surface area contributed by atoms with Crippen molar-refractivity contribution in [2.75, 3.05) is 0 Å². The Hall–Kier alpha value is -0.640. The number of rotatable bonds is 3. The van der Waals surface area contributed by atoms with Crippen molar-refractivity contribution in [2.24, 2.45) is 11.3 Å². The molecule has 1 fully saturated rings. The molecular formula is C16H25BrN2O. The van der Waals surface area contributed by atoms with Gasteiger partial charge in [-0.05, 0) is 59.4 Å². The van der Waals surface area contributed by atoms with E-state index >= 15 is 0 Å². The quantitative estimate of drug-likeness (QED) is 0.885. The van der Waals surface area contributed by atoms with Crippen molar-refractivity contribution in [3.05, 3.63) is 26.3 Å². The van der Waals surface area contributed by atoms with Crippen LogP contribution in [0.25, 0.3) is 0 Å². The fourth-order valence-electron chi connectivity index (χ4n) is 2.91. The molecule has 0 bridgehead atoms. The van der Waals surface area contributed by atoms with E-state index in [1.165, 1.54) is 12.8 Å². The lowest BCUT2D eigenvalue weighted by molar-refractivity contribution is 0.220. The highest BCUT2D eigenvalue weighted by Gasteiger charge is 2.29. The Morgan fingerprint density at radius 3 is 2.50 bits per heavy atom. The topological polar surface area (TPSA) is 45.8 Å². The lowest BCUT2D eigenvalue weighted by Gasteiger charge is -2.33. The van der Waals surface area contributed by atoms with Crippen LogP contribution >= 0.6 is 15.9 Å². The maximum Gasteiger partial charge on any atom is 0.265 e. The highest BCUT2D eigenvalue weighted by molar-refractivity contribution is 9.10. The summed E-state index contributed by atoms with van der Waals surface area (Å²) in [4.78, 5) is 19.8. The van der Waals surface area contributed by atoms with Gasteiger partial charge in [-0.3, -0.25) is 4.79 Å². The summed E-state index contributed by atoms with van der Waals surface area (Å²) in [5, 5.41) is 0. The van der Waals surface area contributed by atoms with E-state index in [1.807, 2.05) is 0 Å². The predicted octanol–water partition coefficient (Wildman–Crippen LogP) is 4.41. The third-order valence-corrected chi connectivity index (χ3v) is 5.09. The predicted molar refractivity (Wildman–Crippen MR) is 86.1 cm³/mol. The molecule has 0 amide bonds. The van der Waals surface area contributed by atoms with Gasteiger partial charge in [0.25, 0.3) is 5.56 Å². The number of hydrogen-bond acceptors (Lipinski definition) is 2. The summed E-state index contributed by atoms with van der Waals surface area (Å²) in [6.45, 7) is 8.95. The minimum absolute atomic E-state index is 0.0320. The maximum absolute atomic E-state index is 12.1. The molecule has 0 radical (unpaired) electrons. The van der Waals surface area contributed by atoms with Crippen LogP contribution < -0.4 is 5.56 Å². The number of aromatic amines is 1. The van der Waals surface area contributed by atoms with Crippen molar-refractivity contribution in [1.82, 2.24) is 9.97 Å². The molecule has 0 spiro atoms. The van der Waals surface area contributed by atoms with Crippen molar-refractivity contribution < 1.29 is 0 Å². The summed E-state index contributed by atoms with van der Waals surface area (Å²) in [6, 6.07) is 0. The summed E-state index contributed by atoms with van der Waals surface area (Å²) in [7, 11) is 0. The van der Waals surface area contributed by atoms with Crippen LogP contribution in [0.4, 0.5) is 0 Å². The van der Waals surface area contributed by atoms with Crippen molar-refractivity contribution >= 4 is 15.9 Å². The summed E-state index contributed by atoms with van der Waals surface area (Å²) < 4.78 is 0.603. The molecule has 1 aromatic rings. The van der Waals surface area contributed by atoms with Crippen molar-refractivity contribution in [2.45, 2.75) is 65.7 Å². The first-order valence-electron chi connectivity index (χ1n) is 7.57. The van der Waals surface area contributed by atoms with Crippen LogP contribution in [0.2, 0.25) is 0 Å². The molecule has 1 aliphatic carbocycles. The Morgan fingerprint density at radius 2 is 1.95 bits per heavy atom. The van der Waals surface area contributed by atoms with Gasteiger partial charge in [0.2, 0.25) is 0 Å². The number of aromatic nitrogens is 2. The third kappa shape index (κ3) is 3.72. The van der Waals surface area contributed by atoms with Gasteiger partial charge in [-0.15, -0.1) is 0 Å². The molecule has 3 nitrogen and oxygen atoms in total. The van der Waals surface area contributed by atoms with Gasteiger partial charge >= 0.3 is 0 Å². The smallest absolute Gasteiger partial charge is 0.265 e. The molecule has 2 rings (SSSR count). The molecular weight excluding hydrogens is 316 g/mol. The van der Waals surface area contributed by atoms with Gasteiger partial charge in [-0.25, -0.2) is 4.98 Å². The molecule has 1 heterocycles. The first-order chi connectivity index (χ1) is 9.28. The lowest BCUT2D eigenvalue weighted by Crippen LogP contribution is -2.24. The summed E-state index contributed by atoms with van der Waals surface area (Å²) in [6.07, 6.45) is 5.50. The maximum atomic E-state index is 12.1. The van der Waals surface area contributed by atoms with Gasteiger partial charge in [-0.1, -0.05) is 27.7 Å².